The Balaban J connectivity index is 2.63. The summed E-state index contributed by atoms with van der Waals surface area (Å²) in [6.45, 7) is 8.67. The Morgan fingerprint density at radius 3 is 2.33 bits per heavy atom. The number of ether oxygens (including phenoxy) is 1. The van der Waals surface area contributed by atoms with Gasteiger partial charge in [-0.05, 0) is 40.2 Å². The number of aromatic nitrogens is 1. The van der Waals surface area contributed by atoms with Crippen molar-refractivity contribution in [3.63, 3.8) is 0 Å². The molecule has 0 fully saturated rings. The van der Waals surface area contributed by atoms with Crippen LogP contribution < -0.4 is 5.32 Å². The standard InChI is InChI=1S/C15H22N2O4/c1-8(2)21-12(19)6-7-16-15(20)14-9(3)13(11(5)18)10(4)17-14/h8,17H,6-7H2,1-5H3,(H,16,20). The fourth-order valence-electron chi connectivity index (χ4n) is 2.19. The van der Waals surface area contributed by atoms with Gasteiger partial charge in [-0.3, -0.25) is 14.4 Å². The number of rotatable bonds is 6. The smallest absolute Gasteiger partial charge is 0.307 e. The Morgan fingerprint density at radius 1 is 1.24 bits per heavy atom. The van der Waals surface area contributed by atoms with E-state index < -0.39 is 0 Å². The Morgan fingerprint density at radius 2 is 1.86 bits per heavy atom. The number of esters is 1. The molecule has 0 saturated carbocycles. The first kappa shape index (κ1) is 16.9. The van der Waals surface area contributed by atoms with Gasteiger partial charge in [0, 0.05) is 17.8 Å². The number of H-pyrrole nitrogens is 1. The lowest BCUT2D eigenvalue weighted by Gasteiger charge is -2.08. The third-order valence-corrected chi connectivity index (χ3v) is 3.00. The number of Topliss-reactive ketones (excluding diaryl/α,β-unsaturated/α-hetero) is 1. The summed E-state index contributed by atoms with van der Waals surface area (Å²) in [5, 5.41) is 2.64. The number of hydrogen-bond acceptors (Lipinski definition) is 4. The van der Waals surface area contributed by atoms with Gasteiger partial charge in [-0.2, -0.15) is 0 Å². The SMILES string of the molecule is CC(=O)c1c(C)[nH]c(C(=O)NCCC(=O)OC(C)C)c1C. The van der Waals surface area contributed by atoms with Crippen LogP contribution in [-0.4, -0.2) is 35.3 Å². The molecule has 0 aliphatic rings. The first-order valence-corrected chi connectivity index (χ1v) is 6.91. The molecule has 0 unspecified atom stereocenters. The van der Waals surface area contributed by atoms with Crippen molar-refractivity contribution in [2.75, 3.05) is 6.54 Å². The first-order valence-electron chi connectivity index (χ1n) is 6.91. The molecule has 6 heteroatoms. The zero-order valence-corrected chi connectivity index (χ0v) is 13.1. The molecule has 0 aliphatic carbocycles. The Hall–Kier alpha value is -2.11. The van der Waals surface area contributed by atoms with Crippen molar-refractivity contribution in [1.82, 2.24) is 10.3 Å². The summed E-state index contributed by atoms with van der Waals surface area (Å²) in [7, 11) is 0. The minimum absolute atomic E-state index is 0.0826. The van der Waals surface area contributed by atoms with Crippen LogP contribution in [0.15, 0.2) is 0 Å². The van der Waals surface area contributed by atoms with Crippen LogP contribution >= 0.6 is 0 Å². The van der Waals surface area contributed by atoms with Gasteiger partial charge in [0.15, 0.2) is 5.78 Å². The van der Waals surface area contributed by atoms with Gasteiger partial charge in [-0.25, -0.2) is 0 Å². The molecule has 0 bridgehead atoms. The third-order valence-electron chi connectivity index (χ3n) is 3.00. The highest BCUT2D eigenvalue weighted by Gasteiger charge is 2.19. The number of hydrogen-bond donors (Lipinski definition) is 2. The van der Waals surface area contributed by atoms with Crippen LogP contribution in [0.4, 0.5) is 0 Å². The molecule has 116 valence electrons. The van der Waals surface area contributed by atoms with Gasteiger partial charge >= 0.3 is 5.97 Å². The molecule has 0 saturated heterocycles. The maximum atomic E-state index is 12.1. The van der Waals surface area contributed by atoms with Crippen molar-refractivity contribution in [1.29, 1.82) is 0 Å². The normalized spacial score (nSPS) is 10.6. The van der Waals surface area contributed by atoms with Gasteiger partial charge < -0.3 is 15.0 Å². The molecule has 1 heterocycles. The fraction of sp³-hybridized carbons (Fsp3) is 0.533. The summed E-state index contributed by atoms with van der Waals surface area (Å²) in [6.07, 6.45) is -0.0537. The monoisotopic (exact) mass is 294 g/mol. The van der Waals surface area contributed by atoms with Crippen molar-refractivity contribution < 1.29 is 19.1 Å². The van der Waals surface area contributed by atoms with E-state index in [1.807, 2.05) is 0 Å². The third kappa shape index (κ3) is 4.44. The van der Waals surface area contributed by atoms with Gasteiger partial charge in [-0.1, -0.05) is 0 Å². The summed E-state index contributed by atoms with van der Waals surface area (Å²) in [4.78, 5) is 37.8. The van der Waals surface area contributed by atoms with E-state index in [9.17, 15) is 14.4 Å². The van der Waals surface area contributed by atoms with Crippen molar-refractivity contribution in [2.45, 2.75) is 47.1 Å². The average Bonchev–Trinajstić information content (AvgIpc) is 2.63. The van der Waals surface area contributed by atoms with Crippen LogP contribution in [0.1, 0.15) is 59.3 Å². The first-order chi connectivity index (χ1) is 9.73. The topological polar surface area (TPSA) is 88.3 Å². The molecule has 0 spiro atoms. The van der Waals surface area contributed by atoms with Crippen molar-refractivity contribution in [3.8, 4) is 0 Å². The maximum Gasteiger partial charge on any atom is 0.307 e. The van der Waals surface area contributed by atoms with Crippen LogP contribution in [0.3, 0.4) is 0 Å². The van der Waals surface area contributed by atoms with E-state index in [-0.39, 0.29) is 36.7 Å². The second kappa shape index (κ2) is 7.06. The molecule has 0 aliphatic heterocycles. The number of carbonyl (C=O) groups excluding carboxylic acids is 3. The zero-order chi connectivity index (χ0) is 16.2. The van der Waals surface area contributed by atoms with E-state index in [4.69, 9.17) is 4.74 Å². The van der Waals surface area contributed by atoms with Crippen molar-refractivity contribution in [3.05, 3.63) is 22.5 Å². The lowest BCUT2D eigenvalue weighted by atomic mass is 10.1. The van der Waals surface area contributed by atoms with Crippen molar-refractivity contribution >= 4 is 17.7 Å². The molecule has 0 radical (unpaired) electrons. The maximum absolute atomic E-state index is 12.1. The fourth-order valence-corrected chi connectivity index (χ4v) is 2.19. The van der Waals surface area contributed by atoms with E-state index in [2.05, 4.69) is 10.3 Å². The molecule has 2 N–H and O–H groups in total. The average molecular weight is 294 g/mol. The number of aryl methyl sites for hydroxylation is 1. The predicted octanol–water partition coefficient (Wildman–Crippen LogP) is 1.91. The molecule has 0 aromatic carbocycles. The highest BCUT2D eigenvalue weighted by atomic mass is 16.5. The summed E-state index contributed by atoms with van der Waals surface area (Å²) in [5.74, 6) is -0.768. The molecular formula is C15H22N2O4. The van der Waals surface area contributed by atoms with Gasteiger partial charge in [-0.15, -0.1) is 0 Å². The van der Waals surface area contributed by atoms with E-state index in [1.54, 1.807) is 27.7 Å². The number of ketones is 1. The van der Waals surface area contributed by atoms with Gasteiger partial charge in [0.2, 0.25) is 0 Å². The minimum atomic E-state index is -0.353. The van der Waals surface area contributed by atoms with Crippen LogP contribution in [0.5, 0.6) is 0 Å². The Kier molecular flexibility index (Phi) is 5.69. The largest absolute Gasteiger partial charge is 0.463 e. The Labute approximate surface area is 124 Å². The predicted molar refractivity (Wildman–Crippen MR) is 78.4 cm³/mol. The molecular weight excluding hydrogens is 272 g/mol. The zero-order valence-electron chi connectivity index (χ0n) is 13.1. The Bertz CT molecular complexity index is 558. The van der Waals surface area contributed by atoms with E-state index in [0.717, 1.165) is 0 Å². The van der Waals surface area contributed by atoms with Crippen LogP contribution in [0, 0.1) is 13.8 Å². The number of carbonyl (C=O) groups is 3. The second-order valence-corrected chi connectivity index (χ2v) is 5.23. The lowest BCUT2D eigenvalue weighted by molar-refractivity contribution is -0.147. The van der Waals surface area contributed by atoms with E-state index >= 15 is 0 Å². The van der Waals surface area contributed by atoms with Crippen LogP contribution in [0.2, 0.25) is 0 Å². The number of amides is 1. The van der Waals surface area contributed by atoms with Crippen LogP contribution in [-0.2, 0) is 9.53 Å². The summed E-state index contributed by atoms with van der Waals surface area (Å²) in [5.41, 5.74) is 2.20. The van der Waals surface area contributed by atoms with E-state index in [0.29, 0.717) is 22.5 Å². The molecule has 0 atom stereocenters. The molecule has 6 nitrogen and oxygen atoms in total. The van der Waals surface area contributed by atoms with Gasteiger partial charge in [0.25, 0.3) is 5.91 Å². The molecule has 1 aromatic rings. The molecule has 21 heavy (non-hydrogen) atoms. The van der Waals surface area contributed by atoms with Gasteiger partial charge in [0.05, 0.1) is 12.5 Å². The summed E-state index contributed by atoms with van der Waals surface area (Å²) >= 11 is 0. The minimum Gasteiger partial charge on any atom is -0.463 e. The molecule has 1 rings (SSSR count). The summed E-state index contributed by atoms with van der Waals surface area (Å²) < 4.78 is 4.97. The van der Waals surface area contributed by atoms with Crippen molar-refractivity contribution in [2.24, 2.45) is 0 Å². The molecule has 1 amide bonds. The van der Waals surface area contributed by atoms with Gasteiger partial charge in [0.1, 0.15) is 5.69 Å². The highest BCUT2D eigenvalue weighted by Crippen LogP contribution is 2.18. The lowest BCUT2D eigenvalue weighted by Crippen LogP contribution is -2.28. The van der Waals surface area contributed by atoms with Crippen LogP contribution in [0.25, 0.3) is 0 Å². The summed E-state index contributed by atoms with van der Waals surface area (Å²) in [6, 6.07) is 0. The second-order valence-electron chi connectivity index (χ2n) is 5.23. The quantitative estimate of drug-likeness (QED) is 0.619. The highest BCUT2D eigenvalue weighted by molar-refractivity contribution is 6.02. The molecule has 1 aromatic heterocycles. The number of nitrogens with one attached hydrogen (secondary N) is 2. The van der Waals surface area contributed by atoms with E-state index in [1.165, 1.54) is 6.92 Å². The number of aromatic amines is 1.